The van der Waals surface area contributed by atoms with Crippen LogP contribution in [-0.2, 0) is 10.0 Å². The summed E-state index contributed by atoms with van der Waals surface area (Å²) in [4.78, 5) is 15.0. The molecule has 2 rings (SSSR count). The molecule has 0 bridgehead atoms. The van der Waals surface area contributed by atoms with Gasteiger partial charge in [-0.1, -0.05) is 0 Å². The van der Waals surface area contributed by atoms with E-state index in [1.807, 2.05) is 0 Å². The molecule has 2 heterocycles. The molecule has 0 spiro atoms. The molecule has 0 unspecified atom stereocenters. The van der Waals surface area contributed by atoms with Crippen molar-refractivity contribution < 1.29 is 22.0 Å². The highest BCUT2D eigenvalue weighted by atomic mass is 32.2. The second-order valence-corrected chi connectivity index (χ2v) is 5.23. The zero-order valence-corrected chi connectivity index (χ0v) is 10.6. The number of halogens is 1. The van der Waals surface area contributed by atoms with E-state index in [1.54, 1.807) is 11.6 Å². The summed E-state index contributed by atoms with van der Waals surface area (Å²) in [6, 6.07) is 4.99. The van der Waals surface area contributed by atoms with Crippen LogP contribution in [0.1, 0.15) is 16.3 Å². The lowest BCUT2D eigenvalue weighted by atomic mass is 10.4. The highest BCUT2D eigenvalue weighted by Gasteiger charge is 2.24. The Hall–Kier alpha value is -2.22. The molecule has 1 N–H and O–H groups in total. The summed E-state index contributed by atoms with van der Waals surface area (Å²) in [6.07, 6.45) is 1.11. The maximum absolute atomic E-state index is 13.3. The third kappa shape index (κ3) is 2.79. The second kappa shape index (κ2) is 4.81. The Bertz CT molecular complexity index is 724. The van der Waals surface area contributed by atoms with Gasteiger partial charge in [-0.15, -0.1) is 0 Å². The lowest BCUT2D eigenvalue weighted by Crippen LogP contribution is -2.31. The third-order valence-corrected chi connectivity index (χ3v) is 3.43. The number of pyridine rings is 1. The predicted molar refractivity (Wildman–Crippen MR) is 62.3 cm³/mol. The SMILES string of the molecule is Cc1ccc(C(=O)NS(=O)(=O)c2ncccc2F)o1. The fraction of sp³-hybridized carbons (Fsp3) is 0.0909. The highest BCUT2D eigenvalue weighted by molar-refractivity contribution is 7.90. The lowest BCUT2D eigenvalue weighted by Gasteiger charge is -2.05. The van der Waals surface area contributed by atoms with Gasteiger partial charge in [0.15, 0.2) is 11.6 Å². The largest absolute Gasteiger partial charge is 0.456 e. The number of aryl methyl sites for hydroxylation is 1. The van der Waals surface area contributed by atoms with Crippen LogP contribution in [0.25, 0.3) is 0 Å². The van der Waals surface area contributed by atoms with Gasteiger partial charge in [-0.05, 0) is 31.2 Å². The quantitative estimate of drug-likeness (QED) is 0.916. The normalized spacial score (nSPS) is 11.3. The van der Waals surface area contributed by atoms with Gasteiger partial charge in [0, 0.05) is 6.20 Å². The average molecular weight is 284 g/mol. The first-order chi connectivity index (χ1) is 8.90. The molecular formula is C11H9FN2O4S. The van der Waals surface area contributed by atoms with Crippen molar-refractivity contribution in [3.63, 3.8) is 0 Å². The Balaban J connectivity index is 2.28. The monoisotopic (exact) mass is 284 g/mol. The van der Waals surface area contributed by atoms with Crippen LogP contribution in [0.4, 0.5) is 4.39 Å². The first-order valence-electron chi connectivity index (χ1n) is 5.14. The summed E-state index contributed by atoms with van der Waals surface area (Å²) in [5, 5.41) is -0.841. The maximum Gasteiger partial charge on any atom is 0.300 e. The molecule has 2 aromatic rings. The van der Waals surface area contributed by atoms with Crippen molar-refractivity contribution in [1.29, 1.82) is 0 Å². The third-order valence-electron chi connectivity index (χ3n) is 2.17. The Morgan fingerprint density at radius 3 is 2.68 bits per heavy atom. The number of nitrogens with zero attached hydrogens (tertiary/aromatic N) is 1. The average Bonchev–Trinajstić information content (AvgIpc) is 2.76. The Labute approximate surface area is 108 Å². The van der Waals surface area contributed by atoms with Crippen LogP contribution in [0, 0.1) is 12.7 Å². The summed E-state index contributed by atoms with van der Waals surface area (Å²) in [6.45, 7) is 1.60. The minimum absolute atomic E-state index is 0.183. The molecule has 2 aromatic heterocycles. The van der Waals surface area contributed by atoms with Gasteiger partial charge in [-0.3, -0.25) is 4.79 Å². The number of hydrogen-bond donors (Lipinski definition) is 1. The highest BCUT2D eigenvalue weighted by Crippen LogP contribution is 2.12. The van der Waals surface area contributed by atoms with Crippen molar-refractivity contribution in [3.05, 3.63) is 47.8 Å². The van der Waals surface area contributed by atoms with Gasteiger partial charge in [0.2, 0.25) is 5.03 Å². The van der Waals surface area contributed by atoms with Crippen molar-refractivity contribution in [2.75, 3.05) is 0 Å². The summed E-state index contributed by atoms with van der Waals surface area (Å²) < 4.78 is 43.5. The standard InChI is InChI=1S/C11H9FN2O4S/c1-7-4-5-9(18-7)10(15)14-19(16,17)11-8(12)3-2-6-13-11/h2-6H,1H3,(H,14,15). The number of hydrogen-bond acceptors (Lipinski definition) is 5. The van der Waals surface area contributed by atoms with Gasteiger partial charge in [0.05, 0.1) is 0 Å². The molecule has 0 aliphatic rings. The number of sulfonamides is 1. The lowest BCUT2D eigenvalue weighted by molar-refractivity contribution is 0.0953. The minimum atomic E-state index is -4.37. The summed E-state index contributed by atoms with van der Waals surface area (Å²) in [5.41, 5.74) is 0. The number of amides is 1. The molecule has 19 heavy (non-hydrogen) atoms. The van der Waals surface area contributed by atoms with E-state index >= 15 is 0 Å². The van der Waals surface area contributed by atoms with E-state index in [0.717, 1.165) is 12.3 Å². The number of aromatic nitrogens is 1. The smallest absolute Gasteiger partial charge is 0.300 e. The van der Waals surface area contributed by atoms with E-state index in [1.165, 1.54) is 18.2 Å². The molecule has 8 heteroatoms. The van der Waals surface area contributed by atoms with Gasteiger partial charge in [-0.2, -0.15) is 8.42 Å². The maximum atomic E-state index is 13.3. The molecular weight excluding hydrogens is 275 g/mol. The van der Waals surface area contributed by atoms with Gasteiger partial charge < -0.3 is 4.42 Å². The van der Waals surface area contributed by atoms with Gasteiger partial charge in [0.25, 0.3) is 10.0 Å². The summed E-state index contributed by atoms with van der Waals surface area (Å²) in [7, 11) is -4.37. The molecule has 1 amide bonds. The van der Waals surface area contributed by atoms with Gasteiger partial charge in [-0.25, -0.2) is 14.1 Å². The zero-order valence-electron chi connectivity index (χ0n) is 9.75. The van der Waals surface area contributed by atoms with Crippen LogP contribution >= 0.6 is 0 Å². The first-order valence-corrected chi connectivity index (χ1v) is 6.62. The van der Waals surface area contributed by atoms with Crippen molar-refractivity contribution in [2.24, 2.45) is 0 Å². The molecule has 0 saturated heterocycles. The molecule has 0 saturated carbocycles. The molecule has 0 radical (unpaired) electrons. The number of carbonyl (C=O) groups excluding carboxylic acids is 1. The van der Waals surface area contributed by atoms with E-state index in [0.29, 0.717) is 5.76 Å². The van der Waals surface area contributed by atoms with Crippen molar-refractivity contribution in [2.45, 2.75) is 11.9 Å². The van der Waals surface area contributed by atoms with Gasteiger partial charge in [0.1, 0.15) is 5.76 Å². The van der Waals surface area contributed by atoms with E-state index in [-0.39, 0.29) is 5.76 Å². The molecule has 0 fully saturated rings. The van der Waals surface area contributed by atoms with Gasteiger partial charge >= 0.3 is 5.91 Å². The Morgan fingerprint density at radius 1 is 1.37 bits per heavy atom. The molecule has 100 valence electrons. The second-order valence-electron chi connectivity index (χ2n) is 3.64. The Kier molecular flexibility index (Phi) is 3.34. The van der Waals surface area contributed by atoms with Crippen LogP contribution in [0.2, 0.25) is 0 Å². The number of nitrogens with one attached hydrogen (secondary N) is 1. The van der Waals surface area contributed by atoms with Crippen LogP contribution in [0.5, 0.6) is 0 Å². The van der Waals surface area contributed by atoms with E-state index in [9.17, 15) is 17.6 Å². The van der Waals surface area contributed by atoms with Crippen LogP contribution in [-0.4, -0.2) is 19.3 Å². The number of carbonyl (C=O) groups is 1. The van der Waals surface area contributed by atoms with Crippen molar-refractivity contribution >= 4 is 15.9 Å². The Morgan fingerprint density at radius 2 is 2.11 bits per heavy atom. The molecule has 0 aliphatic heterocycles. The molecule has 6 nitrogen and oxygen atoms in total. The van der Waals surface area contributed by atoms with E-state index in [2.05, 4.69) is 4.98 Å². The predicted octanol–water partition coefficient (Wildman–Crippen LogP) is 1.24. The fourth-order valence-corrected chi connectivity index (χ4v) is 2.31. The fourth-order valence-electron chi connectivity index (χ4n) is 1.35. The summed E-state index contributed by atoms with van der Waals surface area (Å²) >= 11 is 0. The van der Waals surface area contributed by atoms with E-state index in [4.69, 9.17) is 4.42 Å². The zero-order chi connectivity index (χ0) is 14.0. The van der Waals surface area contributed by atoms with Crippen LogP contribution in [0.15, 0.2) is 39.9 Å². The van der Waals surface area contributed by atoms with Crippen molar-refractivity contribution in [3.8, 4) is 0 Å². The topological polar surface area (TPSA) is 89.3 Å². The van der Waals surface area contributed by atoms with Crippen molar-refractivity contribution in [1.82, 2.24) is 9.71 Å². The first kappa shape index (κ1) is 13.2. The van der Waals surface area contributed by atoms with E-state index < -0.39 is 26.8 Å². The minimum Gasteiger partial charge on any atom is -0.456 e. The summed E-state index contributed by atoms with van der Waals surface area (Å²) in [5.74, 6) is -1.76. The van der Waals surface area contributed by atoms with Crippen LogP contribution in [0.3, 0.4) is 0 Å². The molecule has 0 aliphatic carbocycles. The molecule has 0 aromatic carbocycles. The molecule has 0 atom stereocenters. The van der Waals surface area contributed by atoms with Crippen LogP contribution < -0.4 is 4.72 Å². The number of rotatable bonds is 3. The number of furan rings is 1.